The first-order valence-electron chi connectivity index (χ1n) is 9.32. The fourth-order valence-electron chi connectivity index (χ4n) is 3.10. The maximum Gasteiger partial charge on any atom is 0.250 e. The van der Waals surface area contributed by atoms with Gasteiger partial charge in [-0.15, -0.1) is 10.2 Å². The number of nitrogens with two attached hydrogens (primary N) is 1. The molecule has 7 heteroatoms. The van der Waals surface area contributed by atoms with E-state index in [1.807, 2.05) is 69.3 Å². The molecule has 0 saturated heterocycles. The van der Waals surface area contributed by atoms with E-state index in [4.69, 9.17) is 5.73 Å². The molecule has 0 bridgehead atoms. The van der Waals surface area contributed by atoms with Gasteiger partial charge >= 0.3 is 0 Å². The van der Waals surface area contributed by atoms with Crippen molar-refractivity contribution in [2.75, 3.05) is 0 Å². The SMILES string of the molecule is CCC(N)c1nnc(S(=O)(=O)Cc2cccc(C)c2)n1Cc1ccc(C)cc1. The van der Waals surface area contributed by atoms with Crippen LogP contribution in [0.4, 0.5) is 0 Å². The summed E-state index contributed by atoms with van der Waals surface area (Å²) in [6.07, 6.45) is 0.643. The van der Waals surface area contributed by atoms with Gasteiger partial charge in [-0.2, -0.15) is 0 Å². The zero-order chi connectivity index (χ0) is 20.3. The van der Waals surface area contributed by atoms with Crippen molar-refractivity contribution < 1.29 is 8.42 Å². The lowest BCUT2D eigenvalue weighted by Gasteiger charge is -2.14. The van der Waals surface area contributed by atoms with Gasteiger partial charge in [-0.1, -0.05) is 66.6 Å². The molecule has 0 aliphatic carbocycles. The Morgan fingerprint density at radius 1 is 1.00 bits per heavy atom. The predicted octanol–water partition coefficient (Wildman–Crippen LogP) is 3.33. The van der Waals surface area contributed by atoms with E-state index < -0.39 is 9.84 Å². The van der Waals surface area contributed by atoms with Gasteiger partial charge in [-0.25, -0.2) is 8.42 Å². The van der Waals surface area contributed by atoms with Crippen LogP contribution in [0, 0.1) is 13.8 Å². The van der Waals surface area contributed by atoms with E-state index in [2.05, 4.69) is 10.2 Å². The summed E-state index contributed by atoms with van der Waals surface area (Å²) in [5.41, 5.74) is 10.0. The lowest BCUT2D eigenvalue weighted by molar-refractivity contribution is 0.550. The summed E-state index contributed by atoms with van der Waals surface area (Å²) in [6, 6.07) is 15.1. The van der Waals surface area contributed by atoms with Crippen LogP contribution in [0.1, 0.15) is 47.5 Å². The highest BCUT2D eigenvalue weighted by atomic mass is 32.2. The highest BCUT2D eigenvalue weighted by Gasteiger charge is 2.27. The van der Waals surface area contributed by atoms with Gasteiger partial charge in [0, 0.05) is 0 Å². The Labute approximate surface area is 166 Å². The van der Waals surface area contributed by atoms with Gasteiger partial charge in [-0.3, -0.25) is 4.57 Å². The molecule has 28 heavy (non-hydrogen) atoms. The molecule has 0 saturated carbocycles. The van der Waals surface area contributed by atoms with Crippen molar-refractivity contribution in [3.63, 3.8) is 0 Å². The number of hydrogen-bond acceptors (Lipinski definition) is 5. The van der Waals surface area contributed by atoms with Gasteiger partial charge in [0.05, 0.1) is 18.3 Å². The van der Waals surface area contributed by atoms with E-state index in [1.54, 1.807) is 4.57 Å². The van der Waals surface area contributed by atoms with Crippen LogP contribution in [0.15, 0.2) is 53.7 Å². The first-order valence-corrected chi connectivity index (χ1v) is 11.0. The van der Waals surface area contributed by atoms with Crippen molar-refractivity contribution in [1.29, 1.82) is 0 Å². The number of benzene rings is 2. The molecule has 1 atom stereocenters. The Kier molecular flexibility index (Phi) is 5.96. The average Bonchev–Trinajstić information content (AvgIpc) is 3.07. The molecule has 0 fully saturated rings. The number of rotatable bonds is 7. The summed E-state index contributed by atoms with van der Waals surface area (Å²) >= 11 is 0. The smallest absolute Gasteiger partial charge is 0.250 e. The van der Waals surface area contributed by atoms with Crippen molar-refractivity contribution in [3.05, 3.63) is 76.6 Å². The van der Waals surface area contributed by atoms with Crippen LogP contribution in [0.2, 0.25) is 0 Å². The first kappa shape index (κ1) is 20.2. The lowest BCUT2D eigenvalue weighted by Crippen LogP contribution is -2.20. The number of sulfone groups is 1. The first-order chi connectivity index (χ1) is 13.3. The second-order valence-corrected chi connectivity index (χ2v) is 9.06. The quantitative estimate of drug-likeness (QED) is 0.659. The molecule has 6 nitrogen and oxygen atoms in total. The van der Waals surface area contributed by atoms with E-state index in [-0.39, 0.29) is 17.0 Å². The maximum absolute atomic E-state index is 13.1. The van der Waals surface area contributed by atoms with Gasteiger partial charge in [0.1, 0.15) is 0 Å². The predicted molar refractivity (Wildman–Crippen MR) is 110 cm³/mol. The van der Waals surface area contributed by atoms with Crippen LogP contribution in [0.25, 0.3) is 0 Å². The van der Waals surface area contributed by atoms with Crippen LogP contribution in [0.3, 0.4) is 0 Å². The third kappa shape index (κ3) is 4.48. The molecule has 2 aromatic carbocycles. The highest BCUT2D eigenvalue weighted by Crippen LogP contribution is 2.22. The molecule has 3 rings (SSSR count). The standard InChI is InChI=1S/C21H26N4O2S/c1-4-19(22)20-23-24-21(25(20)13-17-10-8-15(2)9-11-17)28(26,27)14-18-7-5-6-16(3)12-18/h5-12,19H,4,13-14,22H2,1-3H3. The summed E-state index contributed by atoms with van der Waals surface area (Å²) in [6.45, 7) is 6.25. The van der Waals surface area contributed by atoms with Crippen molar-refractivity contribution >= 4 is 9.84 Å². The third-order valence-electron chi connectivity index (χ3n) is 4.70. The molecule has 0 aliphatic heterocycles. The van der Waals surface area contributed by atoms with Gasteiger partial charge in [-0.05, 0) is 31.4 Å². The second-order valence-electron chi connectivity index (χ2n) is 7.18. The number of aromatic nitrogens is 3. The topological polar surface area (TPSA) is 90.9 Å². The highest BCUT2D eigenvalue weighted by molar-refractivity contribution is 7.90. The van der Waals surface area contributed by atoms with Crippen LogP contribution in [0.5, 0.6) is 0 Å². The Bertz CT molecular complexity index is 1060. The summed E-state index contributed by atoms with van der Waals surface area (Å²) in [5, 5.41) is 8.14. The third-order valence-corrected chi connectivity index (χ3v) is 6.27. The molecular formula is C21H26N4O2S. The largest absolute Gasteiger partial charge is 0.321 e. The maximum atomic E-state index is 13.1. The Hall–Kier alpha value is -2.51. The number of aryl methyl sites for hydroxylation is 2. The van der Waals surface area contributed by atoms with E-state index in [0.717, 1.165) is 22.3 Å². The molecule has 0 amide bonds. The van der Waals surface area contributed by atoms with Crippen molar-refractivity contribution in [3.8, 4) is 0 Å². The molecule has 1 heterocycles. The van der Waals surface area contributed by atoms with Crippen molar-refractivity contribution in [1.82, 2.24) is 14.8 Å². The molecule has 0 aliphatic rings. The fourth-order valence-corrected chi connectivity index (χ4v) is 4.50. The summed E-state index contributed by atoms with van der Waals surface area (Å²) in [4.78, 5) is 0. The molecule has 0 radical (unpaired) electrons. The number of hydrogen-bond donors (Lipinski definition) is 1. The Morgan fingerprint density at radius 3 is 2.36 bits per heavy atom. The van der Waals surface area contributed by atoms with E-state index in [0.29, 0.717) is 18.8 Å². The minimum Gasteiger partial charge on any atom is -0.321 e. The van der Waals surface area contributed by atoms with Crippen LogP contribution < -0.4 is 5.73 Å². The Balaban J connectivity index is 2.01. The van der Waals surface area contributed by atoms with Gasteiger partial charge in [0.25, 0.3) is 0 Å². The fraction of sp³-hybridized carbons (Fsp3) is 0.333. The summed E-state index contributed by atoms with van der Waals surface area (Å²) in [5.74, 6) is 0.369. The summed E-state index contributed by atoms with van der Waals surface area (Å²) in [7, 11) is -3.68. The number of nitrogens with zero attached hydrogens (tertiary/aromatic N) is 3. The van der Waals surface area contributed by atoms with Crippen LogP contribution in [-0.4, -0.2) is 23.2 Å². The monoisotopic (exact) mass is 398 g/mol. The second kappa shape index (κ2) is 8.24. The lowest BCUT2D eigenvalue weighted by atomic mass is 10.1. The zero-order valence-electron chi connectivity index (χ0n) is 16.5. The normalized spacial score (nSPS) is 12.9. The molecule has 0 spiro atoms. The zero-order valence-corrected chi connectivity index (χ0v) is 17.3. The Morgan fingerprint density at radius 2 is 1.71 bits per heavy atom. The molecular weight excluding hydrogens is 372 g/mol. The van der Waals surface area contributed by atoms with Crippen LogP contribution >= 0.6 is 0 Å². The molecule has 1 aromatic heterocycles. The molecule has 148 valence electrons. The van der Waals surface area contributed by atoms with E-state index in [1.165, 1.54) is 0 Å². The molecule has 1 unspecified atom stereocenters. The minimum absolute atomic E-state index is 0.0338. The minimum atomic E-state index is -3.68. The molecule has 2 N–H and O–H groups in total. The van der Waals surface area contributed by atoms with Gasteiger partial charge in [0.15, 0.2) is 5.82 Å². The van der Waals surface area contributed by atoms with Crippen LogP contribution in [-0.2, 0) is 22.1 Å². The van der Waals surface area contributed by atoms with Crippen molar-refractivity contribution in [2.45, 2.75) is 50.7 Å². The van der Waals surface area contributed by atoms with E-state index in [9.17, 15) is 8.42 Å². The van der Waals surface area contributed by atoms with Gasteiger partial charge < -0.3 is 5.73 Å². The van der Waals surface area contributed by atoms with Gasteiger partial charge in [0.2, 0.25) is 15.0 Å². The summed E-state index contributed by atoms with van der Waals surface area (Å²) < 4.78 is 27.9. The van der Waals surface area contributed by atoms with E-state index >= 15 is 0 Å². The van der Waals surface area contributed by atoms with Crippen molar-refractivity contribution in [2.24, 2.45) is 5.73 Å². The average molecular weight is 399 g/mol. The molecule has 3 aromatic rings.